The molecule has 2 nitrogen and oxygen atoms in total. The molecular formula is C16H25ClFNO. The van der Waals surface area contributed by atoms with E-state index in [2.05, 4.69) is 19.2 Å². The second-order valence-corrected chi connectivity index (χ2v) is 5.59. The fraction of sp³-hybridized carbons (Fsp3) is 0.625. The molecule has 2 unspecified atom stereocenters. The lowest BCUT2D eigenvalue weighted by molar-refractivity contribution is -0.0548. The molecule has 0 saturated carbocycles. The van der Waals surface area contributed by atoms with E-state index < -0.39 is 0 Å². The molecule has 0 saturated heterocycles. The number of benzene rings is 1. The van der Waals surface area contributed by atoms with Crippen molar-refractivity contribution in [3.8, 4) is 0 Å². The Bertz CT molecular complexity index is 427. The Labute approximate surface area is 126 Å². The van der Waals surface area contributed by atoms with Gasteiger partial charge < -0.3 is 10.1 Å². The molecule has 1 aromatic carbocycles. The van der Waals surface area contributed by atoms with Crippen LogP contribution in [0, 0.1) is 5.82 Å². The van der Waals surface area contributed by atoms with Crippen molar-refractivity contribution in [1.29, 1.82) is 0 Å². The van der Waals surface area contributed by atoms with Crippen LogP contribution in [0.25, 0.3) is 0 Å². The summed E-state index contributed by atoms with van der Waals surface area (Å²) in [6.45, 7) is 9.65. The third-order valence-corrected chi connectivity index (χ3v) is 4.03. The van der Waals surface area contributed by atoms with Crippen molar-refractivity contribution < 1.29 is 9.13 Å². The van der Waals surface area contributed by atoms with E-state index in [4.69, 9.17) is 16.3 Å². The van der Waals surface area contributed by atoms with Crippen molar-refractivity contribution in [2.24, 2.45) is 0 Å². The normalized spacial score (nSPS) is 15.9. The molecule has 0 aliphatic rings. The van der Waals surface area contributed by atoms with Crippen molar-refractivity contribution in [2.45, 2.75) is 52.2 Å². The standard InChI is InChI=1S/C16H25ClFNO/c1-5-16(4,20-7-3)15(19-6-2)11-12-10-13(17)8-9-14(12)18/h8-10,15,19H,5-7,11H2,1-4H3. The highest BCUT2D eigenvalue weighted by Crippen LogP contribution is 2.25. The summed E-state index contributed by atoms with van der Waals surface area (Å²) >= 11 is 5.97. The molecule has 4 heteroatoms. The topological polar surface area (TPSA) is 21.3 Å². The molecule has 0 spiro atoms. The molecular weight excluding hydrogens is 277 g/mol. The molecule has 0 amide bonds. The minimum atomic E-state index is -0.320. The van der Waals surface area contributed by atoms with E-state index in [1.165, 1.54) is 6.07 Å². The molecule has 0 heterocycles. The van der Waals surface area contributed by atoms with Crippen molar-refractivity contribution >= 4 is 11.6 Å². The molecule has 2 atom stereocenters. The van der Waals surface area contributed by atoms with Gasteiger partial charge in [-0.05, 0) is 57.0 Å². The molecule has 0 bridgehead atoms. The molecule has 0 radical (unpaired) electrons. The number of hydrogen-bond acceptors (Lipinski definition) is 2. The molecule has 114 valence electrons. The van der Waals surface area contributed by atoms with Crippen LogP contribution in [-0.4, -0.2) is 24.8 Å². The van der Waals surface area contributed by atoms with Crippen LogP contribution in [0.1, 0.15) is 39.7 Å². The number of nitrogens with one attached hydrogen (secondary N) is 1. The van der Waals surface area contributed by atoms with Crippen molar-refractivity contribution in [3.05, 3.63) is 34.6 Å². The van der Waals surface area contributed by atoms with Gasteiger partial charge in [0.1, 0.15) is 5.82 Å². The summed E-state index contributed by atoms with van der Waals surface area (Å²) in [6.07, 6.45) is 1.42. The summed E-state index contributed by atoms with van der Waals surface area (Å²) in [5.41, 5.74) is 0.308. The lowest BCUT2D eigenvalue weighted by Crippen LogP contribution is -2.51. The fourth-order valence-electron chi connectivity index (χ4n) is 2.45. The first-order valence-electron chi connectivity index (χ1n) is 7.28. The molecule has 1 rings (SSSR count). The largest absolute Gasteiger partial charge is 0.374 e. The van der Waals surface area contributed by atoms with E-state index in [0.717, 1.165) is 13.0 Å². The molecule has 0 fully saturated rings. The maximum absolute atomic E-state index is 13.9. The summed E-state index contributed by atoms with van der Waals surface area (Å²) in [6, 6.07) is 4.74. The molecule has 20 heavy (non-hydrogen) atoms. The van der Waals surface area contributed by atoms with Gasteiger partial charge in [-0.25, -0.2) is 4.39 Å². The lowest BCUT2D eigenvalue weighted by atomic mass is 9.88. The minimum Gasteiger partial charge on any atom is -0.374 e. The van der Waals surface area contributed by atoms with E-state index in [-0.39, 0.29) is 17.5 Å². The van der Waals surface area contributed by atoms with Gasteiger partial charge in [0.25, 0.3) is 0 Å². The van der Waals surface area contributed by atoms with Gasteiger partial charge in [-0.2, -0.15) is 0 Å². The van der Waals surface area contributed by atoms with E-state index in [1.54, 1.807) is 12.1 Å². The van der Waals surface area contributed by atoms with Crippen molar-refractivity contribution in [1.82, 2.24) is 5.32 Å². The van der Waals surface area contributed by atoms with Gasteiger partial charge in [0, 0.05) is 17.7 Å². The smallest absolute Gasteiger partial charge is 0.126 e. The lowest BCUT2D eigenvalue weighted by Gasteiger charge is -2.37. The van der Waals surface area contributed by atoms with E-state index >= 15 is 0 Å². The van der Waals surface area contributed by atoms with Crippen LogP contribution in [0.2, 0.25) is 5.02 Å². The summed E-state index contributed by atoms with van der Waals surface area (Å²) < 4.78 is 19.8. The zero-order chi connectivity index (χ0) is 15.2. The Morgan fingerprint density at radius 1 is 1.35 bits per heavy atom. The zero-order valence-electron chi connectivity index (χ0n) is 12.8. The van der Waals surface area contributed by atoms with Crippen LogP contribution in [-0.2, 0) is 11.2 Å². The number of hydrogen-bond donors (Lipinski definition) is 1. The van der Waals surface area contributed by atoms with Crippen LogP contribution in [0.15, 0.2) is 18.2 Å². The second kappa shape index (κ2) is 7.96. The van der Waals surface area contributed by atoms with Gasteiger partial charge in [0.15, 0.2) is 0 Å². The number of halogens is 2. The average molecular weight is 302 g/mol. The van der Waals surface area contributed by atoms with Crippen LogP contribution in [0.5, 0.6) is 0 Å². The third-order valence-electron chi connectivity index (χ3n) is 3.80. The maximum atomic E-state index is 13.9. The van der Waals surface area contributed by atoms with Crippen LogP contribution < -0.4 is 5.32 Å². The summed E-state index contributed by atoms with van der Waals surface area (Å²) in [7, 11) is 0. The van der Waals surface area contributed by atoms with Gasteiger partial charge in [-0.3, -0.25) is 0 Å². The molecule has 1 N–H and O–H groups in total. The Kier molecular flexibility index (Phi) is 6.93. The quantitative estimate of drug-likeness (QED) is 0.777. The summed E-state index contributed by atoms with van der Waals surface area (Å²) in [5.74, 6) is -0.216. The monoisotopic (exact) mass is 301 g/mol. The predicted molar refractivity (Wildman–Crippen MR) is 82.9 cm³/mol. The third kappa shape index (κ3) is 4.44. The van der Waals surface area contributed by atoms with Gasteiger partial charge in [0.05, 0.1) is 5.60 Å². The molecule has 0 aliphatic carbocycles. The Morgan fingerprint density at radius 2 is 2.05 bits per heavy atom. The van der Waals surface area contributed by atoms with Gasteiger partial charge >= 0.3 is 0 Å². The number of rotatable bonds is 8. The van der Waals surface area contributed by atoms with Gasteiger partial charge in [0.2, 0.25) is 0 Å². The summed E-state index contributed by atoms with van der Waals surface area (Å²) in [4.78, 5) is 0. The van der Waals surface area contributed by atoms with Gasteiger partial charge in [-0.15, -0.1) is 0 Å². The van der Waals surface area contributed by atoms with Crippen LogP contribution in [0.4, 0.5) is 4.39 Å². The maximum Gasteiger partial charge on any atom is 0.126 e. The van der Waals surface area contributed by atoms with Crippen LogP contribution in [0.3, 0.4) is 0 Å². The highest BCUT2D eigenvalue weighted by atomic mass is 35.5. The zero-order valence-corrected chi connectivity index (χ0v) is 13.6. The molecule has 0 aromatic heterocycles. The SMILES string of the molecule is CCNC(Cc1cc(Cl)ccc1F)C(C)(CC)OCC. The predicted octanol–water partition coefficient (Wildman–Crippen LogP) is 4.20. The Morgan fingerprint density at radius 3 is 2.60 bits per heavy atom. The Balaban J connectivity index is 2.99. The number of ether oxygens (including phenoxy) is 1. The first kappa shape index (κ1) is 17.4. The first-order chi connectivity index (χ1) is 9.46. The van der Waals surface area contributed by atoms with E-state index in [9.17, 15) is 4.39 Å². The second-order valence-electron chi connectivity index (χ2n) is 5.15. The first-order valence-corrected chi connectivity index (χ1v) is 7.65. The molecule has 1 aromatic rings. The average Bonchev–Trinajstić information content (AvgIpc) is 2.42. The number of likely N-dealkylation sites (N-methyl/N-ethyl adjacent to an activating group) is 1. The van der Waals surface area contributed by atoms with Crippen molar-refractivity contribution in [2.75, 3.05) is 13.2 Å². The Hall–Kier alpha value is -0.640. The van der Waals surface area contributed by atoms with Crippen molar-refractivity contribution in [3.63, 3.8) is 0 Å². The molecule has 0 aliphatic heterocycles. The van der Waals surface area contributed by atoms with E-state index in [0.29, 0.717) is 23.6 Å². The highest BCUT2D eigenvalue weighted by molar-refractivity contribution is 6.30. The van der Waals surface area contributed by atoms with Gasteiger partial charge in [-0.1, -0.05) is 25.4 Å². The summed E-state index contributed by atoms with van der Waals surface area (Å²) in [5, 5.41) is 3.98. The minimum absolute atomic E-state index is 0.0467. The highest BCUT2D eigenvalue weighted by Gasteiger charge is 2.33. The fourth-order valence-corrected chi connectivity index (χ4v) is 2.64. The van der Waals surface area contributed by atoms with E-state index in [1.807, 2.05) is 13.8 Å². The van der Waals surface area contributed by atoms with Crippen LogP contribution >= 0.6 is 11.6 Å².